The number of halogens is 2. The Bertz CT molecular complexity index is 522. The first-order valence-corrected chi connectivity index (χ1v) is 5.76. The molecule has 0 spiro atoms. The number of hydrogen-bond donors (Lipinski definition) is 1. The van der Waals surface area contributed by atoms with Gasteiger partial charge in [0.1, 0.15) is 10.8 Å². The first kappa shape index (κ1) is 12.0. The third-order valence-electron chi connectivity index (χ3n) is 2.21. The number of benzene rings is 2. The molecule has 0 radical (unpaired) electrons. The fourth-order valence-electron chi connectivity index (χ4n) is 1.34. The van der Waals surface area contributed by atoms with Crippen LogP contribution in [-0.4, -0.2) is 4.99 Å². The summed E-state index contributed by atoms with van der Waals surface area (Å²) in [5, 5.41) is 3.72. The predicted molar refractivity (Wildman–Crippen MR) is 73.2 cm³/mol. The van der Waals surface area contributed by atoms with Crippen molar-refractivity contribution in [2.24, 2.45) is 0 Å². The summed E-state index contributed by atoms with van der Waals surface area (Å²) < 4.78 is 12.7. The quantitative estimate of drug-likeness (QED) is 0.814. The summed E-state index contributed by atoms with van der Waals surface area (Å²) in [7, 11) is 0. The van der Waals surface area contributed by atoms with Gasteiger partial charge in [0.15, 0.2) is 0 Å². The Kier molecular flexibility index (Phi) is 3.71. The van der Waals surface area contributed by atoms with Crippen LogP contribution < -0.4 is 5.32 Å². The predicted octanol–water partition coefficient (Wildman–Crippen LogP) is 4.27. The lowest BCUT2D eigenvalue weighted by atomic mass is 10.2. The Balaban J connectivity index is 2.11. The van der Waals surface area contributed by atoms with E-state index in [2.05, 4.69) is 5.32 Å². The highest BCUT2D eigenvalue weighted by Crippen LogP contribution is 2.15. The lowest BCUT2D eigenvalue weighted by molar-refractivity contribution is 0.628. The second kappa shape index (κ2) is 5.25. The van der Waals surface area contributed by atoms with Crippen molar-refractivity contribution >= 4 is 34.5 Å². The van der Waals surface area contributed by atoms with Gasteiger partial charge in [0.05, 0.1) is 0 Å². The second-order valence-electron chi connectivity index (χ2n) is 3.47. The average Bonchev–Trinajstić information content (AvgIpc) is 2.33. The van der Waals surface area contributed by atoms with E-state index in [4.69, 9.17) is 23.8 Å². The average molecular weight is 266 g/mol. The molecule has 1 nitrogen and oxygen atoms in total. The molecule has 2 aromatic rings. The van der Waals surface area contributed by atoms with E-state index in [9.17, 15) is 4.39 Å². The Morgan fingerprint density at radius 1 is 1.00 bits per heavy atom. The maximum Gasteiger partial charge on any atom is 0.123 e. The van der Waals surface area contributed by atoms with E-state index in [0.717, 1.165) is 11.3 Å². The zero-order valence-corrected chi connectivity index (χ0v) is 10.4. The molecule has 4 heteroatoms. The van der Waals surface area contributed by atoms with Crippen LogP contribution in [0.3, 0.4) is 0 Å². The molecule has 86 valence electrons. The van der Waals surface area contributed by atoms with Gasteiger partial charge < -0.3 is 5.32 Å². The smallest absolute Gasteiger partial charge is 0.123 e. The van der Waals surface area contributed by atoms with Crippen molar-refractivity contribution in [2.75, 3.05) is 5.32 Å². The summed E-state index contributed by atoms with van der Waals surface area (Å²) in [6.07, 6.45) is 0. The zero-order valence-electron chi connectivity index (χ0n) is 8.78. The third kappa shape index (κ3) is 3.25. The van der Waals surface area contributed by atoms with Gasteiger partial charge in [-0.05, 0) is 48.5 Å². The summed E-state index contributed by atoms with van der Waals surface area (Å²) in [6, 6.07) is 13.3. The SMILES string of the molecule is Fc1ccc(C(=S)Nc2ccc(Cl)cc2)cc1. The Morgan fingerprint density at radius 2 is 1.59 bits per heavy atom. The monoisotopic (exact) mass is 265 g/mol. The summed E-state index contributed by atoms with van der Waals surface area (Å²) >= 11 is 11.0. The van der Waals surface area contributed by atoms with Crippen molar-refractivity contribution in [3.63, 3.8) is 0 Å². The molecular formula is C13H9ClFNS. The lowest BCUT2D eigenvalue weighted by Gasteiger charge is -2.07. The van der Waals surface area contributed by atoms with E-state index in [1.807, 2.05) is 12.1 Å². The normalized spacial score (nSPS) is 10.0. The molecule has 0 aliphatic carbocycles. The molecule has 0 atom stereocenters. The number of anilines is 1. The molecule has 0 unspecified atom stereocenters. The minimum Gasteiger partial charge on any atom is -0.346 e. The molecule has 0 bridgehead atoms. The van der Waals surface area contributed by atoms with Crippen LogP contribution in [0.5, 0.6) is 0 Å². The van der Waals surface area contributed by atoms with Gasteiger partial charge in [0, 0.05) is 16.3 Å². The van der Waals surface area contributed by atoms with E-state index >= 15 is 0 Å². The molecule has 1 N–H and O–H groups in total. The van der Waals surface area contributed by atoms with E-state index < -0.39 is 0 Å². The number of thiocarbonyl (C=S) groups is 1. The van der Waals surface area contributed by atoms with Crippen molar-refractivity contribution in [1.82, 2.24) is 0 Å². The largest absolute Gasteiger partial charge is 0.346 e. The van der Waals surface area contributed by atoms with E-state index in [0.29, 0.717) is 10.0 Å². The molecular weight excluding hydrogens is 257 g/mol. The van der Waals surface area contributed by atoms with Crippen LogP contribution in [0.4, 0.5) is 10.1 Å². The van der Waals surface area contributed by atoms with Crippen LogP contribution in [-0.2, 0) is 0 Å². The standard InChI is InChI=1S/C13H9ClFNS/c14-10-3-7-12(8-4-10)16-13(17)9-1-5-11(15)6-2-9/h1-8H,(H,16,17). The molecule has 0 fully saturated rings. The summed E-state index contributed by atoms with van der Waals surface area (Å²) in [4.78, 5) is 0.548. The molecule has 0 heterocycles. The van der Waals surface area contributed by atoms with E-state index in [1.54, 1.807) is 24.3 Å². The van der Waals surface area contributed by atoms with Crippen molar-refractivity contribution < 1.29 is 4.39 Å². The molecule has 0 aliphatic rings. The molecule has 0 amide bonds. The van der Waals surface area contributed by atoms with Crippen LogP contribution >= 0.6 is 23.8 Å². The van der Waals surface area contributed by atoms with Crippen molar-refractivity contribution in [3.05, 3.63) is 64.9 Å². The molecule has 2 aromatic carbocycles. The molecule has 0 aromatic heterocycles. The second-order valence-corrected chi connectivity index (χ2v) is 4.31. The zero-order chi connectivity index (χ0) is 12.3. The maximum absolute atomic E-state index is 12.7. The number of hydrogen-bond acceptors (Lipinski definition) is 1. The molecule has 17 heavy (non-hydrogen) atoms. The van der Waals surface area contributed by atoms with Crippen LogP contribution in [0, 0.1) is 5.82 Å². The lowest BCUT2D eigenvalue weighted by Crippen LogP contribution is -2.10. The first-order chi connectivity index (χ1) is 8.15. The Labute approximate surface area is 109 Å². The van der Waals surface area contributed by atoms with Gasteiger partial charge in [-0.3, -0.25) is 0 Å². The molecule has 2 rings (SSSR count). The topological polar surface area (TPSA) is 12.0 Å². The van der Waals surface area contributed by atoms with Gasteiger partial charge in [-0.25, -0.2) is 4.39 Å². The van der Waals surface area contributed by atoms with Crippen molar-refractivity contribution in [3.8, 4) is 0 Å². The highest BCUT2D eigenvalue weighted by Gasteiger charge is 2.01. The molecule has 0 aliphatic heterocycles. The summed E-state index contributed by atoms with van der Waals surface area (Å²) in [5.41, 5.74) is 1.63. The van der Waals surface area contributed by atoms with Crippen LogP contribution in [0.2, 0.25) is 5.02 Å². The summed E-state index contributed by atoms with van der Waals surface area (Å²) in [6.45, 7) is 0. The fourth-order valence-corrected chi connectivity index (χ4v) is 1.72. The number of rotatable bonds is 2. The van der Waals surface area contributed by atoms with Crippen molar-refractivity contribution in [2.45, 2.75) is 0 Å². The highest BCUT2D eigenvalue weighted by molar-refractivity contribution is 7.81. The van der Waals surface area contributed by atoms with Crippen LogP contribution in [0.1, 0.15) is 5.56 Å². The van der Waals surface area contributed by atoms with Gasteiger partial charge in [-0.15, -0.1) is 0 Å². The van der Waals surface area contributed by atoms with Gasteiger partial charge >= 0.3 is 0 Å². The Morgan fingerprint density at radius 3 is 2.18 bits per heavy atom. The Hall–Kier alpha value is -1.45. The van der Waals surface area contributed by atoms with E-state index in [1.165, 1.54) is 12.1 Å². The minimum atomic E-state index is -0.275. The maximum atomic E-state index is 12.7. The van der Waals surface area contributed by atoms with Crippen LogP contribution in [0.15, 0.2) is 48.5 Å². The molecule has 0 saturated carbocycles. The highest BCUT2D eigenvalue weighted by atomic mass is 35.5. The molecule has 0 saturated heterocycles. The van der Waals surface area contributed by atoms with Gasteiger partial charge in [-0.1, -0.05) is 23.8 Å². The van der Waals surface area contributed by atoms with Gasteiger partial charge in [0.2, 0.25) is 0 Å². The third-order valence-corrected chi connectivity index (χ3v) is 2.80. The fraction of sp³-hybridized carbons (Fsp3) is 0. The van der Waals surface area contributed by atoms with Crippen LogP contribution in [0.25, 0.3) is 0 Å². The van der Waals surface area contributed by atoms with Gasteiger partial charge in [-0.2, -0.15) is 0 Å². The van der Waals surface area contributed by atoms with E-state index in [-0.39, 0.29) is 5.82 Å². The van der Waals surface area contributed by atoms with Gasteiger partial charge in [0.25, 0.3) is 0 Å². The first-order valence-electron chi connectivity index (χ1n) is 4.97. The minimum absolute atomic E-state index is 0.275. The number of nitrogens with one attached hydrogen (secondary N) is 1. The summed E-state index contributed by atoms with van der Waals surface area (Å²) in [5.74, 6) is -0.275. The van der Waals surface area contributed by atoms with Crippen molar-refractivity contribution in [1.29, 1.82) is 0 Å².